The van der Waals surface area contributed by atoms with Crippen LogP contribution in [0, 0.1) is 6.92 Å². The average molecular weight is 292 g/mol. The topological polar surface area (TPSA) is 17.8 Å². The second-order valence-corrected chi connectivity index (χ2v) is 6.47. The molecule has 0 fully saturated rings. The van der Waals surface area contributed by atoms with Crippen LogP contribution in [0.15, 0.2) is 54.6 Å². The monoisotopic (exact) mass is 292 g/mol. The van der Waals surface area contributed by atoms with E-state index in [-0.39, 0.29) is 0 Å². The molecule has 0 atom stereocenters. The van der Waals surface area contributed by atoms with Crippen molar-refractivity contribution in [2.45, 2.75) is 19.9 Å². The van der Waals surface area contributed by atoms with Crippen LogP contribution < -0.4 is 0 Å². The van der Waals surface area contributed by atoms with Gasteiger partial charge in [0.15, 0.2) is 0 Å². The van der Waals surface area contributed by atoms with Crippen molar-refractivity contribution >= 4 is 32.6 Å². The maximum Gasteiger partial charge on any atom is 0.124 e. The number of hydrogen-bond donors (Lipinski definition) is 0. The molecule has 0 bridgehead atoms. The number of benzene rings is 2. The van der Waals surface area contributed by atoms with Crippen molar-refractivity contribution < 1.29 is 0 Å². The van der Waals surface area contributed by atoms with E-state index in [9.17, 15) is 0 Å². The van der Waals surface area contributed by atoms with Gasteiger partial charge in [-0.1, -0.05) is 48.5 Å². The lowest BCUT2D eigenvalue weighted by atomic mass is 10.1. The molecule has 3 heteroatoms. The fraction of sp³-hybridized carbons (Fsp3) is 0.167. The third-order valence-electron chi connectivity index (χ3n) is 3.88. The van der Waals surface area contributed by atoms with Crippen LogP contribution in [-0.4, -0.2) is 9.55 Å². The molecule has 2 aromatic heterocycles. The highest BCUT2D eigenvalue weighted by Crippen LogP contribution is 2.32. The molecule has 0 saturated heterocycles. The molecule has 4 rings (SSSR count). The standard InChI is InChI=1S/C18H16N2S/c1-13-19-17-15-9-5-6-10-16(15)20(18(17)21-13)12-11-14-7-3-2-4-8-14/h2-10H,11-12H2,1H3. The van der Waals surface area contributed by atoms with Crippen LogP contribution in [0.5, 0.6) is 0 Å². The SMILES string of the molecule is Cc1nc2c3ccccc3n(CCc3ccccc3)c2s1. The molecular formula is C18H16N2S. The fourth-order valence-corrected chi connectivity index (χ4v) is 3.87. The number of nitrogens with zero attached hydrogens (tertiary/aromatic N) is 2. The summed E-state index contributed by atoms with van der Waals surface area (Å²) in [6.07, 6.45) is 1.05. The van der Waals surface area contributed by atoms with E-state index in [2.05, 4.69) is 66.1 Å². The van der Waals surface area contributed by atoms with Crippen molar-refractivity contribution in [2.75, 3.05) is 0 Å². The summed E-state index contributed by atoms with van der Waals surface area (Å²) in [5.41, 5.74) is 3.83. The van der Waals surface area contributed by atoms with Crippen LogP contribution in [0.2, 0.25) is 0 Å². The summed E-state index contributed by atoms with van der Waals surface area (Å²) < 4.78 is 2.42. The second kappa shape index (κ2) is 5.01. The average Bonchev–Trinajstić information content (AvgIpc) is 3.02. The van der Waals surface area contributed by atoms with Gasteiger partial charge < -0.3 is 4.57 Å². The molecule has 4 aromatic rings. The Kier molecular flexibility index (Phi) is 3.00. The molecule has 0 radical (unpaired) electrons. The number of aromatic nitrogens is 2. The third-order valence-corrected chi connectivity index (χ3v) is 4.87. The van der Waals surface area contributed by atoms with Crippen molar-refractivity contribution in [2.24, 2.45) is 0 Å². The van der Waals surface area contributed by atoms with Crippen LogP contribution in [0.25, 0.3) is 21.3 Å². The van der Waals surface area contributed by atoms with Gasteiger partial charge in [0.05, 0.1) is 10.5 Å². The second-order valence-electron chi connectivity index (χ2n) is 5.29. The fourth-order valence-electron chi connectivity index (χ4n) is 2.90. The Bertz CT molecular complexity index is 903. The van der Waals surface area contributed by atoms with Gasteiger partial charge in [-0.3, -0.25) is 0 Å². The van der Waals surface area contributed by atoms with E-state index in [1.807, 2.05) is 0 Å². The molecule has 2 nitrogen and oxygen atoms in total. The lowest BCUT2D eigenvalue weighted by Gasteiger charge is -2.06. The summed E-state index contributed by atoms with van der Waals surface area (Å²) in [7, 11) is 0. The Hall–Kier alpha value is -2.13. The van der Waals surface area contributed by atoms with E-state index in [4.69, 9.17) is 4.98 Å². The highest BCUT2D eigenvalue weighted by molar-refractivity contribution is 7.18. The third kappa shape index (κ3) is 2.14. The molecule has 0 saturated carbocycles. The molecule has 0 aliphatic carbocycles. The van der Waals surface area contributed by atoms with Gasteiger partial charge in [0, 0.05) is 11.9 Å². The van der Waals surface area contributed by atoms with E-state index in [1.165, 1.54) is 21.3 Å². The van der Waals surface area contributed by atoms with Crippen LogP contribution in [0.1, 0.15) is 10.6 Å². The molecule has 0 unspecified atom stereocenters. The van der Waals surface area contributed by atoms with Crippen LogP contribution >= 0.6 is 11.3 Å². The molecule has 0 aliphatic heterocycles. The molecule has 21 heavy (non-hydrogen) atoms. The number of aryl methyl sites for hydroxylation is 3. The van der Waals surface area contributed by atoms with E-state index in [1.54, 1.807) is 11.3 Å². The number of para-hydroxylation sites is 1. The lowest BCUT2D eigenvalue weighted by Crippen LogP contribution is -2.00. The van der Waals surface area contributed by atoms with E-state index in [0.717, 1.165) is 23.5 Å². The van der Waals surface area contributed by atoms with Crippen LogP contribution in [0.3, 0.4) is 0 Å². The number of thiazole rings is 1. The predicted octanol–water partition coefficient (Wildman–Crippen LogP) is 4.80. The minimum Gasteiger partial charge on any atom is -0.330 e. The van der Waals surface area contributed by atoms with Gasteiger partial charge >= 0.3 is 0 Å². The van der Waals surface area contributed by atoms with Crippen LogP contribution in [-0.2, 0) is 13.0 Å². The van der Waals surface area contributed by atoms with Gasteiger partial charge in [-0.25, -0.2) is 4.98 Å². The highest BCUT2D eigenvalue weighted by atomic mass is 32.1. The first-order valence-corrected chi connectivity index (χ1v) is 8.03. The van der Waals surface area contributed by atoms with E-state index in [0.29, 0.717) is 0 Å². The first-order chi connectivity index (χ1) is 10.3. The summed E-state index contributed by atoms with van der Waals surface area (Å²) in [5.74, 6) is 0. The van der Waals surface area contributed by atoms with Gasteiger partial charge in [0.2, 0.25) is 0 Å². The summed E-state index contributed by atoms with van der Waals surface area (Å²) in [4.78, 5) is 6.01. The Labute approximate surface area is 127 Å². The minimum atomic E-state index is 0.996. The maximum atomic E-state index is 4.71. The van der Waals surface area contributed by atoms with E-state index < -0.39 is 0 Å². The smallest absolute Gasteiger partial charge is 0.124 e. The zero-order valence-corrected chi connectivity index (χ0v) is 12.7. The normalized spacial score (nSPS) is 11.5. The largest absolute Gasteiger partial charge is 0.330 e. The Morgan fingerprint density at radius 3 is 2.62 bits per heavy atom. The van der Waals surface area contributed by atoms with Crippen LogP contribution in [0.4, 0.5) is 0 Å². The van der Waals surface area contributed by atoms with Gasteiger partial charge in [-0.05, 0) is 25.0 Å². The van der Waals surface area contributed by atoms with Crippen molar-refractivity contribution in [3.63, 3.8) is 0 Å². The zero-order chi connectivity index (χ0) is 14.2. The quantitative estimate of drug-likeness (QED) is 0.530. The lowest BCUT2D eigenvalue weighted by molar-refractivity contribution is 0.748. The van der Waals surface area contributed by atoms with Gasteiger partial charge in [0.25, 0.3) is 0 Å². The van der Waals surface area contributed by atoms with Gasteiger partial charge in [-0.2, -0.15) is 0 Å². The molecule has 0 spiro atoms. The van der Waals surface area contributed by atoms with Crippen molar-refractivity contribution in [1.29, 1.82) is 0 Å². The molecule has 0 amide bonds. The number of fused-ring (bicyclic) bond motifs is 3. The van der Waals surface area contributed by atoms with Gasteiger partial charge in [-0.15, -0.1) is 11.3 Å². The molecule has 2 aromatic carbocycles. The zero-order valence-electron chi connectivity index (χ0n) is 11.9. The molecular weight excluding hydrogens is 276 g/mol. The minimum absolute atomic E-state index is 0.996. The summed E-state index contributed by atoms with van der Waals surface area (Å²) in [6.45, 7) is 3.08. The Morgan fingerprint density at radius 2 is 1.76 bits per heavy atom. The molecule has 0 aliphatic rings. The molecule has 104 valence electrons. The number of rotatable bonds is 3. The first kappa shape index (κ1) is 12.6. The summed E-state index contributed by atoms with van der Waals surface area (Å²) in [6, 6.07) is 19.3. The summed E-state index contributed by atoms with van der Waals surface area (Å²) in [5, 5.41) is 2.41. The number of hydrogen-bond acceptors (Lipinski definition) is 2. The van der Waals surface area contributed by atoms with E-state index >= 15 is 0 Å². The van der Waals surface area contributed by atoms with Crippen molar-refractivity contribution in [1.82, 2.24) is 9.55 Å². The maximum absolute atomic E-state index is 4.71. The summed E-state index contributed by atoms with van der Waals surface area (Å²) >= 11 is 1.79. The Morgan fingerprint density at radius 1 is 1.00 bits per heavy atom. The van der Waals surface area contributed by atoms with Crippen molar-refractivity contribution in [3.05, 3.63) is 65.2 Å². The Balaban J connectivity index is 1.81. The first-order valence-electron chi connectivity index (χ1n) is 7.21. The molecule has 0 N–H and O–H groups in total. The van der Waals surface area contributed by atoms with Gasteiger partial charge in [0.1, 0.15) is 10.3 Å². The predicted molar refractivity (Wildman–Crippen MR) is 90.0 cm³/mol. The highest BCUT2D eigenvalue weighted by Gasteiger charge is 2.13. The molecule has 2 heterocycles. The van der Waals surface area contributed by atoms with Crippen molar-refractivity contribution in [3.8, 4) is 0 Å².